The van der Waals surface area contributed by atoms with E-state index in [0.29, 0.717) is 18.9 Å². The summed E-state index contributed by atoms with van der Waals surface area (Å²) in [6.07, 6.45) is 0.616. The standard InChI is InChI=1S/C18H28N2O3S/c1-14(2)17(15-7-5-4-6-8-15)11-19-18(21)12-20(3)16-9-10-24(22,23)13-16/h4-8,14,16-17H,9-13H2,1-3H3,(H,19,21). The molecule has 134 valence electrons. The second kappa shape index (κ2) is 8.12. The third kappa shape index (κ3) is 5.31. The molecule has 0 spiro atoms. The fourth-order valence-corrected chi connectivity index (χ4v) is 5.00. The number of nitrogens with one attached hydrogen (secondary N) is 1. The number of rotatable bonds is 7. The summed E-state index contributed by atoms with van der Waals surface area (Å²) in [4.78, 5) is 14.1. The molecule has 1 amide bonds. The van der Waals surface area contributed by atoms with Crippen LogP contribution in [0.15, 0.2) is 30.3 Å². The summed E-state index contributed by atoms with van der Waals surface area (Å²) in [5, 5.41) is 3.01. The summed E-state index contributed by atoms with van der Waals surface area (Å²) in [6, 6.07) is 10.2. The molecule has 0 aromatic heterocycles. The Morgan fingerprint density at radius 2 is 1.96 bits per heavy atom. The van der Waals surface area contributed by atoms with Crippen LogP contribution in [0.4, 0.5) is 0 Å². The topological polar surface area (TPSA) is 66.5 Å². The Morgan fingerprint density at radius 1 is 1.29 bits per heavy atom. The van der Waals surface area contributed by atoms with Gasteiger partial charge in [-0.3, -0.25) is 9.69 Å². The second-order valence-corrected chi connectivity index (χ2v) is 9.27. The molecule has 1 N–H and O–H groups in total. The average Bonchev–Trinajstić information content (AvgIpc) is 2.88. The lowest BCUT2D eigenvalue weighted by Gasteiger charge is -2.25. The highest BCUT2D eigenvalue weighted by Gasteiger charge is 2.31. The van der Waals surface area contributed by atoms with E-state index in [2.05, 4.69) is 31.3 Å². The highest BCUT2D eigenvalue weighted by Crippen LogP contribution is 2.23. The largest absolute Gasteiger partial charge is 0.354 e. The average molecular weight is 353 g/mol. The van der Waals surface area contributed by atoms with Gasteiger partial charge >= 0.3 is 0 Å². The monoisotopic (exact) mass is 352 g/mol. The van der Waals surface area contributed by atoms with Crippen LogP contribution in [0.2, 0.25) is 0 Å². The van der Waals surface area contributed by atoms with Gasteiger partial charge in [-0.05, 0) is 24.9 Å². The molecule has 0 radical (unpaired) electrons. The number of likely N-dealkylation sites (N-methyl/N-ethyl adjacent to an activating group) is 1. The molecule has 1 aliphatic heterocycles. The van der Waals surface area contributed by atoms with Gasteiger partial charge in [-0.15, -0.1) is 0 Å². The van der Waals surface area contributed by atoms with E-state index in [1.165, 1.54) is 5.56 Å². The number of amides is 1. The summed E-state index contributed by atoms with van der Waals surface area (Å²) in [7, 11) is -1.10. The van der Waals surface area contributed by atoms with Crippen LogP contribution in [0.5, 0.6) is 0 Å². The molecule has 0 saturated carbocycles. The van der Waals surface area contributed by atoms with E-state index in [1.807, 2.05) is 30.1 Å². The maximum absolute atomic E-state index is 12.2. The second-order valence-electron chi connectivity index (χ2n) is 7.04. The van der Waals surface area contributed by atoms with Crippen molar-refractivity contribution in [2.24, 2.45) is 5.92 Å². The maximum Gasteiger partial charge on any atom is 0.234 e. The Balaban J connectivity index is 1.85. The van der Waals surface area contributed by atoms with Crippen LogP contribution in [0.1, 0.15) is 31.7 Å². The number of carbonyl (C=O) groups excluding carboxylic acids is 1. The fourth-order valence-electron chi connectivity index (χ4n) is 3.20. The predicted octanol–water partition coefficient (Wildman–Crippen LogP) is 1.66. The first-order chi connectivity index (χ1) is 11.3. The Labute approximate surface area is 145 Å². The third-order valence-electron chi connectivity index (χ3n) is 4.78. The van der Waals surface area contributed by atoms with Crippen molar-refractivity contribution in [1.82, 2.24) is 10.2 Å². The van der Waals surface area contributed by atoms with Crippen molar-refractivity contribution in [3.8, 4) is 0 Å². The molecular weight excluding hydrogens is 324 g/mol. The van der Waals surface area contributed by atoms with E-state index in [9.17, 15) is 13.2 Å². The molecule has 1 saturated heterocycles. The van der Waals surface area contributed by atoms with E-state index in [-0.39, 0.29) is 35.9 Å². The first-order valence-corrected chi connectivity index (χ1v) is 10.3. The highest BCUT2D eigenvalue weighted by molar-refractivity contribution is 7.91. The van der Waals surface area contributed by atoms with Crippen molar-refractivity contribution >= 4 is 15.7 Å². The lowest BCUT2D eigenvalue weighted by Crippen LogP contribution is -2.42. The molecule has 1 aromatic carbocycles. The summed E-state index contributed by atoms with van der Waals surface area (Å²) >= 11 is 0. The van der Waals surface area contributed by atoms with Crippen LogP contribution in [-0.2, 0) is 14.6 Å². The maximum atomic E-state index is 12.2. The van der Waals surface area contributed by atoms with Crippen molar-refractivity contribution in [1.29, 1.82) is 0 Å². The van der Waals surface area contributed by atoms with Crippen molar-refractivity contribution in [2.75, 3.05) is 31.6 Å². The van der Waals surface area contributed by atoms with Crippen molar-refractivity contribution < 1.29 is 13.2 Å². The molecular formula is C18H28N2O3S. The Morgan fingerprint density at radius 3 is 2.50 bits per heavy atom. The van der Waals surface area contributed by atoms with E-state index in [1.54, 1.807) is 0 Å². The number of benzene rings is 1. The Bertz CT molecular complexity index is 643. The van der Waals surface area contributed by atoms with Gasteiger partial charge in [0.1, 0.15) is 0 Å². The smallest absolute Gasteiger partial charge is 0.234 e. The van der Waals surface area contributed by atoms with Crippen molar-refractivity contribution in [3.05, 3.63) is 35.9 Å². The van der Waals surface area contributed by atoms with Gasteiger partial charge in [0.25, 0.3) is 0 Å². The molecule has 2 atom stereocenters. The lowest BCUT2D eigenvalue weighted by molar-refractivity contribution is -0.122. The molecule has 1 aromatic rings. The molecule has 0 bridgehead atoms. The van der Waals surface area contributed by atoms with Crippen LogP contribution >= 0.6 is 0 Å². The van der Waals surface area contributed by atoms with Gasteiger partial charge in [0.05, 0.1) is 18.1 Å². The quantitative estimate of drug-likeness (QED) is 0.810. The fraction of sp³-hybridized carbons (Fsp3) is 0.611. The highest BCUT2D eigenvalue weighted by atomic mass is 32.2. The van der Waals surface area contributed by atoms with E-state index >= 15 is 0 Å². The van der Waals surface area contributed by atoms with Crippen LogP contribution in [-0.4, -0.2) is 56.9 Å². The lowest BCUT2D eigenvalue weighted by atomic mass is 9.88. The van der Waals surface area contributed by atoms with Crippen LogP contribution < -0.4 is 5.32 Å². The number of carbonyl (C=O) groups is 1. The normalized spacial score (nSPS) is 21.1. The molecule has 1 aliphatic rings. The molecule has 1 heterocycles. The number of sulfone groups is 1. The molecule has 24 heavy (non-hydrogen) atoms. The number of nitrogens with zero attached hydrogens (tertiary/aromatic N) is 1. The van der Waals surface area contributed by atoms with Crippen molar-refractivity contribution in [3.63, 3.8) is 0 Å². The first kappa shape index (κ1) is 18.9. The van der Waals surface area contributed by atoms with Gasteiger partial charge in [0.15, 0.2) is 9.84 Å². The van der Waals surface area contributed by atoms with Gasteiger partial charge < -0.3 is 5.32 Å². The number of hydrogen-bond acceptors (Lipinski definition) is 4. The molecule has 5 nitrogen and oxygen atoms in total. The zero-order valence-corrected chi connectivity index (χ0v) is 15.6. The van der Waals surface area contributed by atoms with Gasteiger partial charge in [-0.1, -0.05) is 44.2 Å². The van der Waals surface area contributed by atoms with Gasteiger partial charge in [0, 0.05) is 18.5 Å². The Kier molecular flexibility index (Phi) is 6.40. The SMILES string of the molecule is CC(C)C(CNC(=O)CN(C)C1CCS(=O)(=O)C1)c1ccccc1. The summed E-state index contributed by atoms with van der Waals surface area (Å²) in [5.74, 6) is 1.03. The predicted molar refractivity (Wildman–Crippen MR) is 96.7 cm³/mol. The van der Waals surface area contributed by atoms with Crippen LogP contribution in [0, 0.1) is 5.92 Å². The number of hydrogen-bond donors (Lipinski definition) is 1. The van der Waals surface area contributed by atoms with E-state index in [4.69, 9.17) is 0 Å². The van der Waals surface area contributed by atoms with Crippen LogP contribution in [0.3, 0.4) is 0 Å². The molecule has 6 heteroatoms. The zero-order valence-electron chi connectivity index (χ0n) is 14.7. The first-order valence-electron chi connectivity index (χ1n) is 8.51. The van der Waals surface area contributed by atoms with Gasteiger partial charge in [0.2, 0.25) is 5.91 Å². The molecule has 0 aliphatic carbocycles. The third-order valence-corrected chi connectivity index (χ3v) is 6.53. The van der Waals surface area contributed by atoms with Gasteiger partial charge in [-0.2, -0.15) is 0 Å². The van der Waals surface area contributed by atoms with Crippen molar-refractivity contribution in [2.45, 2.75) is 32.2 Å². The van der Waals surface area contributed by atoms with Gasteiger partial charge in [-0.25, -0.2) is 8.42 Å². The van der Waals surface area contributed by atoms with E-state index < -0.39 is 9.84 Å². The minimum Gasteiger partial charge on any atom is -0.354 e. The molecule has 1 fully saturated rings. The summed E-state index contributed by atoms with van der Waals surface area (Å²) in [5.41, 5.74) is 1.23. The molecule has 2 unspecified atom stereocenters. The summed E-state index contributed by atoms with van der Waals surface area (Å²) in [6.45, 7) is 5.13. The Hall–Kier alpha value is -1.40. The van der Waals surface area contributed by atoms with E-state index in [0.717, 1.165) is 0 Å². The summed E-state index contributed by atoms with van der Waals surface area (Å²) < 4.78 is 23.1. The zero-order chi connectivity index (χ0) is 17.7. The molecule has 2 rings (SSSR count). The minimum atomic E-state index is -2.92. The minimum absolute atomic E-state index is 0.0456. The van der Waals surface area contributed by atoms with Crippen LogP contribution in [0.25, 0.3) is 0 Å².